The van der Waals surface area contributed by atoms with E-state index in [0.717, 1.165) is 4.47 Å². The molecule has 8 heteroatoms. The van der Waals surface area contributed by atoms with E-state index < -0.39 is 12.4 Å². The molecule has 0 aliphatic heterocycles. The maximum absolute atomic E-state index is 12.4. The Hall–Kier alpha value is -1.64. The van der Waals surface area contributed by atoms with Crippen LogP contribution in [-0.2, 0) is 0 Å². The van der Waals surface area contributed by atoms with Gasteiger partial charge in [0.05, 0.1) is 11.7 Å². The lowest BCUT2D eigenvalue weighted by Crippen LogP contribution is -2.30. The number of hydrogen-bond donors (Lipinski definition) is 2. The van der Waals surface area contributed by atoms with Gasteiger partial charge in [-0.3, -0.25) is 10.8 Å². The molecule has 3 N–H and O–H groups in total. The minimum atomic E-state index is -4.78. The molecule has 1 aromatic heterocycles. The van der Waals surface area contributed by atoms with Gasteiger partial charge in [0.25, 0.3) is 0 Å². The summed E-state index contributed by atoms with van der Waals surface area (Å²) in [5.74, 6) is 5.15. The fraction of sp³-hybridized carbons (Fsp3) is 0.154. The van der Waals surface area contributed by atoms with Gasteiger partial charge < -0.3 is 4.74 Å². The van der Waals surface area contributed by atoms with Gasteiger partial charge in [0.15, 0.2) is 0 Å². The highest BCUT2D eigenvalue weighted by Crippen LogP contribution is 2.32. The molecule has 0 saturated heterocycles. The number of rotatable bonds is 4. The summed E-state index contributed by atoms with van der Waals surface area (Å²) >= 11 is 3.24. The molecule has 0 radical (unpaired) electrons. The summed E-state index contributed by atoms with van der Waals surface area (Å²) in [6, 6.07) is 8.42. The molecule has 1 atom stereocenters. The number of pyridine rings is 1. The van der Waals surface area contributed by atoms with Crippen LogP contribution in [0.4, 0.5) is 13.2 Å². The molecule has 2 aromatic rings. The van der Waals surface area contributed by atoms with Crippen LogP contribution in [0.25, 0.3) is 0 Å². The van der Waals surface area contributed by atoms with Crippen LogP contribution >= 0.6 is 15.9 Å². The number of nitrogens with two attached hydrogens (primary N) is 1. The SMILES string of the molecule is NNC(c1ccc(Br)cn1)c1ccccc1OC(F)(F)F. The number of para-hydroxylation sites is 1. The number of ether oxygens (including phenoxy) is 1. The number of hydrogen-bond acceptors (Lipinski definition) is 4. The van der Waals surface area contributed by atoms with Gasteiger partial charge >= 0.3 is 6.36 Å². The van der Waals surface area contributed by atoms with Crippen molar-refractivity contribution in [1.82, 2.24) is 10.4 Å². The molecular weight excluding hydrogens is 351 g/mol. The number of halogens is 4. The Morgan fingerprint density at radius 2 is 1.90 bits per heavy atom. The zero-order valence-electron chi connectivity index (χ0n) is 10.6. The standard InChI is InChI=1S/C13H11BrF3N3O/c14-8-5-6-10(19-7-8)12(20-18)9-3-1-2-4-11(9)21-13(15,16)17/h1-7,12,20H,18H2. The summed E-state index contributed by atoms with van der Waals surface area (Å²) in [6.07, 6.45) is -3.24. The molecule has 2 rings (SSSR count). The van der Waals surface area contributed by atoms with Crippen LogP contribution in [0.2, 0.25) is 0 Å². The van der Waals surface area contributed by atoms with Crippen LogP contribution in [0.15, 0.2) is 47.1 Å². The average Bonchev–Trinajstić information content (AvgIpc) is 2.42. The quantitative estimate of drug-likeness (QED) is 0.647. The second-order valence-electron chi connectivity index (χ2n) is 4.09. The predicted octanol–water partition coefficient (Wildman–Crippen LogP) is 3.30. The smallest absolute Gasteiger partial charge is 0.405 e. The van der Waals surface area contributed by atoms with Crippen molar-refractivity contribution in [2.45, 2.75) is 12.4 Å². The average molecular weight is 362 g/mol. The van der Waals surface area contributed by atoms with E-state index in [1.54, 1.807) is 18.2 Å². The fourth-order valence-corrected chi connectivity index (χ4v) is 2.06. The summed E-state index contributed by atoms with van der Waals surface area (Å²) in [7, 11) is 0. The van der Waals surface area contributed by atoms with Gasteiger partial charge in [-0.15, -0.1) is 13.2 Å². The highest BCUT2D eigenvalue weighted by atomic mass is 79.9. The monoisotopic (exact) mass is 361 g/mol. The lowest BCUT2D eigenvalue weighted by Gasteiger charge is -2.20. The first-order valence-corrected chi connectivity index (χ1v) is 6.62. The number of benzene rings is 1. The number of nitrogens with zero attached hydrogens (tertiary/aromatic N) is 1. The van der Waals surface area contributed by atoms with Gasteiger partial charge in [-0.25, -0.2) is 5.43 Å². The Kier molecular flexibility index (Phi) is 4.81. The third-order valence-electron chi connectivity index (χ3n) is 2.67. The molecule has 1 aromatic carbocycles. The predicted molar refractivity (Wildman–Crippen MR) is 74.2 cm³/mol. The molecule has 0 amide bonds. The molecule has 0 aliphatic carbocycles. The topological polar surface area (TPSA) is 60.2 Å². The minimum Gasteiger partial charge on any atom is -0.405 e. The van der Waals surface area contributed by atoms with Crippen molar-refractivity contribution < 1.29 is 17.9 Å². The largest absolute Gasteiger partial charge is 0.573 e. The summed E-state index contributed by atoms with van der Waals surface area (Å²) in [6.45, 7) is 0. The van der Waals surface area contributed by atoms with Crippen LogP contribution < -0.4 is 16.0 Å². The Morgan fingerprint density at radius 3 is 2.48 bits per heavy atom. The number of nitrogens with one attached hydrogen (secondary N) is 1. The summed E-state index contributed by atoms with van der Waals surface area (Å²) in [5.41, 5.74) is 3.17. The van der Waals surface area contributed by atoms with E-state index in [1.807, 2.05) is 0 Å². The first-order valence-electron chi connectivity index (χ1n) is 5.83. The van der Waals surface area contributed by atoms with Crippen LogP contribution in [0, 0.1) is 0 Å². The van der Waals surface area contributed by atoms with Crippen molar-refractivity contribution in [3.05, 3.63) is 58.3 Å². The molecule has 4 nitrogen and oxygen atoms in total. The lowest BCUT2D eigenvalue weighted by atomic mass is 10.0. The van der Waals surface area contributed by atoms with Crippen molar-refractivity contribution in [3.8, 4) is 5.75 Å². The maximum Gasteiger partial charge on any atom is 0.573 e. The minimum absolute atomic E-state index is 0.243. The Bertz CT molecular complexity index is 604. The first kappa shape index (κ1) is 15.7. The summed E-state index contributed by atoms with van der Waals surface area (Å²) in [5, 5.41) is 0. The molecule has 0 bridgehead atoms. The maximum atomic E-state index is 12.4. The summed E-state index contributed by atoms with van der Waals surface area (Å²) < 4.78 is 42.1. The Labute approximate surface area is 127 Å². The highest BCUT2D eigenvalue weighted by Gasteiger charge is 2.33. The molecule has 112 valence electrons. The van der Waals surface area contributed by atoms with Gasteiger partial charge in [-0.1, -0.05) is 18.2 Å². The molecule has 0 saturated carbocycles. The van der Waals surface area contributed by atoms with E-state index in [-0.39, 0.29) is 11.3 Å². The summed E-state index contributed by atoms with van der Waals surface area (Å²) in [4.78, 5) is 4.14. The fourth-order valence-electron chi connectivity index (χ4n) is 1.83. The normalized spacial score (nSPS) is 13.0. The molecule has 1 unspecified atom stereocenters. The zero-order valence-corrected chi connectivity index (χ0v) is 12.1. The van der Waals surface area contributed by atoms with Gasteiger partial charge in [-0.05, 0) is 34.1 Å². The van der Waals surface area contributed by atoms with E-state index in [9.17, 15) is 13.2 Å². The molecule has 0 spiro atoms. The van der Waals surface area contributed by atoms with E-state index in [0.29, 0.717) is 5.69 Å². The van der Waals surface area contributed by atoms with Crippen molar-refractivity contribution >= 4 is 15.9 Å². The van der Waals surface area contributed by atoms with Crippen LogP contribution in [0.1, 0.15) is 17.3 Å². The van der Waals surface area contributed by atoms with E-state index in [4.69, 9.17) is 5.84 Å². The third-order valence-corrected chi connectivity index (χ3v) is 3.14. The van der Waals surface area contributed by atoms with Crippen LogP contribution in [0.3, 0.4) is 0 Å². The van der Waals surface area contributed by atoms with Crippen molar-refractivity contribution in [2.24, 2.45) is 5.84 Å². The number of aromatic nitrogens is 1. The van der Waals surface area contributed by atoms with Gasteiger partial charge in [0.2, 0.25) is 0 Å². The van der Waals surface area contributed by atoms with Crippen molar-refractivity contribution in [2.75, 3.05) is 0 Å². The Morgan fingerprint density at radius 1 is 1.19 bits per heavy atom. The van der Waals surface area contributed by atoms with Gasteiger partial charge in [0, 0.05) is 16.2 Å². The first-order chi connectivity index (χ1) is 9.90. The zero-order chi connectivity index (χ0) is 15.5. The number of hydrazine groups is 1. The van der Waals surface area contributed by atoms with E-state index in [1.165, 1.54) is 24.4 Å². The molecule has 1 heterocycles. The second kappa shape index (κ2) is 6.42. The van der Waals surface area contributed by atoms with Gasteiger partial charge in [-0.2, -0.15) is 0 Å². The van der Waals surface area contributed by atoms with Crippen LogP contribution in [0.5, 0.6) is 5.75 Å². The lowest BCUT2D eigenvalue weighted by molar-refractivity contribution is -0.275. The Balaban J connectivity index is 2.40. The molecule has 0 aliphatic rings. The van der Waals surface area contributed by atoms with E-state index >= 15 is 0 Å². The van der Waals surface area contributed by atoms with Crippen molar-refractivity contribution in [1.29, 1.82) is 0 Å². The van der Waals surface area contributed by atoms with Crippen LogP contribution in [-0.4, -0.2) is 11.3 Å². The third kappa shape index (κ3) is 4.16. The molecular formula is C13H11BrF3N3O. The molecule has 21 heavy (non-hydrogen) atoms. The van der Waals surface area contributed by atoms with Crippen molar-refractivity contribution in [3.63, 3.8) is 0 Å². The van der Waals surface area contributed by atoms with Gasteiger partial charge in [0.1, 0.15) is 5.75 Å². The molecule has 0 fully saturated rings. The second-order valence-corrected chi connectivity index (χ2v) is 5.00. The number of alkyl halides is 3. The van der Waals surface area contributed by atoms with E-state index in [2.05, 4.69) is 31.1 Å². The highest BCUT2D eigenvalue weighted by molar-refractivity contribution is 9.10.